The number of likely N-dealkylation sites (N-methyl/N-ethyl adjacent to an activating group) is 1. The van der Waals surface area contributed by atoms with E-state index in [4.69, 9.17) is 4.74 Å². The second kappa shape index (κ2) is 6.68. The van der Waals surface area contributed by atoms with Gasteiger partial charge in [0.1, 0.15) is 0 Å². The number of nitrogens with one attached hydrogen (secondary N) is 1. The van der Waals surface area contributed by atoms with Gasteiger partial charge in [-0.15, -0.1) is 0 Å². The zero-order chi connectivity index (χ0) is 14.5. The van der Waals surface area contributed by atoms with E-state index < -0.39 is 0 Å². The van der Waals surface area contributed by atoms with Crippen molar-refractivity contribution in [2.75, 3.05) is 20.3 Å². The largest absolute Gasteiger partial charge is 0.378 e. The lowest BCUT2D eigenvalue weighted by molar-refractivity contribution is -0.119. The number of carbonyl (C=O) groups is 1. The van der Waals surface area contributed by atoms with Gasteiger partial charge in [-0.3, -0.25) is 9.69 Å². The molecule has 4 nitrogen and oxygen atoms in total. The molecule has 1 aliphatic heterocycles. The lowest BCUT2D eigenvalue weighted by Crippen LogP contribution is -2.52. The van der Waals surface area contributed by atoms with Crippen LogP contribution in [0.1, 0.15) is 12.5 Å². The van der Waals surface area contributed by atoms with Crippen LogP contribution in [0.5, 0.6) is 0 Å². The first-order valence-electron chi connectivity index (χ1n) is 6.90. The van der Waals surface area contributed by atoms with Crippen LogP contribution >= 0.6 is 0 Å². The molecule has 1 heterocycles. The maximum atomic E-state index is 12.1. The van der Waals surface area contributed by atoms with Crippen LogP contribution in [0.3, 0.4) is 0 Å². The minimum atomic E-state index is -0.0894. The highest BCUT2D eigenvalue weighted by atomic mass is 16.5. The van der Waals surface area contributed by atoms with Crippen LogP contribution < -0.4 is 5.32 Å². The number of nitrogens with zero attached hydrogens (tertiary/aromatic N) is 1. The van der Waals surface area contributed by atoms with E-state index in [1.807, 2.05) is 44.3 Å². The van der Waals surface area contributed by atoms with Gasteiger partial charge in [0, 0.05) is 18.2 Å². The van der Waals surface area contributed by atoms with Crippen molar-refractivity contribution in [2.24, 2.45) is 0 Å². The molecule has 0 saturated carbocycles. The first kappa shape index (κ1) is 14.8. The van der Waals surface area contributed by atoms with E-state index in [0.29, 0.717) is 18.2 Å². The van der Waals surface area contributed by atoms with Gasteiger partial charge >= 0.3 is 0 Å². The smallest absolute Gasteiger partial charge is 0.248 e. The summed E-state index contributed by atoms with van der Waals surface area (Å²) in [5, 5.41) is 2.91. The molecule has 1 fully saturated rings. The number of amides is 1. The molecular formula is C16H22N2O2. The van der Waals surface area contributed by atoms with Crippen molar-refractivity contribution in [3.8, 4) is 0 Å². The average molecular weight is 274 g/mol. The summed E-state index contributed by atoms with van der Waals surface area (Å²) in [5.74, 6) is -0.0894. The Morgan fingerprint density at radius 3 is 2.65 bits per heavy atom. The number of hydrogen-bond donors (Lipinski definition) is 1. The molecule has 0 aliphatic carbocycles. The number of hydrogen-bond acceptors (Lipinski definition) is 3. The third-order valence-corrected chi connectivity index (χ3v) is 3.90. The molecule has 0 bridgehead atoms. The topological polar surface area (TPSA) is 41.6 Å². The molecule has 4 heteroatoms. The lowest BCUT2D eigenvalue weighted by atomic mass is 10.1. The predicted molar refractivity (Wildman–Crippen MR) is 79.3 cm³/mol. The maximum Gasteiger partial charge on any atom is 0.248 e. The van der Waals surface area contributed by atoms with Gasteiger partial charge in [0.2, 0.25) is 5.91 Å². The minimum Gasteiger partial charge on any atom is -0.378 e. The number of benzene rings is 1. The van der Waals surface area contributed by atoms with Crippen LogP contribution in [0.4, 0.5) is 0 Å². The molecule has 0 aromatic heterocycles. The van der Waals surface area contributed by atoms with Gasteiger partial charge < -0.3 is 10.1 Å². The normalized spacial score (nSPS) is 16.6. The van der Waals surface area contributed by atoms with Gasteiger partial charge in [0.25, 0.3) is 0 Å². The molecule has 20 heavy (non-hydrogen) atoms. The van der Waals surface area contributed by atoms with Crippen molar-refractivity contribution >= 4 is 5.91 Å². The Balaban J connectivity index is 1.83. The highest BCUT2D eigenvalue weighted by Gasteiger charge is 2.29. The third-order valence-electron chi connectivity index (χ3n) is 3.90. The molecule has 0 radical (unpaired) electrons. The third kappa shape index (κ3) is 3.46. The molecule has 1 unspecified atom stereocenters. The fourth-order valence-electron chi connectivity index (χ4n) is 2.10. The summed E-state index contributed by atoms with van der Waals surface area (Å²) >= 11 is 0. The highest BCUT2D eigenvalue weighted by Crippen LogP contribution is 2.16. The van der Waals surface area contributed by atoms with E-state index in [1.54, 1.807) is 0 Å². The summed E-state index contributed by atoms with van der Waals surface area (Å²) in [6, 6.07) is 10.3. The summed E-state index contributed by atoms with van der Waals surface area (Å²) < 4.78 is 5.18. The van der Waals surface area contributed by atoms with E-state index >= 15 is 0 Å². The minimum absolute atomic E-state index is 0.0136. The van der Waals surface area contributed by atoms with Crippen LogP contribution in [0.15, 0.2) is 42.5 Å². The average Bonchev–Trinajstić information content (AvgIpc) is 2.42. The maximum absolute atomic E-state index is 12.1. The predicted octanol–water partition coefficient (Wildman–Crippen LogP) is 1.58. The highest BCUT2D eigenvalue weighted by molar-refractivity contribution is 5.93. The first-order valence-corrected chi connectivity index (χ1v) is 6.90. The van der Waals surface area contributed by atoms with Crippen molar-refractivity contribution in [1.82, 2.24) is 10.2 Å². The van der Waals surface area contributed by atoms with Gasteiger partial charge in [-0.25, -0.2) is 0 Å². The van der Waals surface area contributed by atoms with Crippen LogP contribution in [0.25, 0.3) is 0 Å². The Hall–Kier alpha value is -1.65. The summed E-state index contributed by atoms with van der Waals surface area (Å²) in [4.78, 5) is 14.3. The molecule has 108 valence electrons. The molecular weight excluding hydrogens is 252 g/mol. The van der Waals surface area contributed by atoms with Gasteiger partial charge in [0.05, 0.1) is 19.3 Å². The zero-order valence-electron chi connectivity index (χ0n) is 12.1. The van der Waals surface area contributed by atoms with E-state index in [0.717, 1.165) is 18.8 Å². The molecule has 1 N–H and O–H groups in total. The molecule has 1 saturated heterocycles. The monoisotopic (exact) mass is 274 g/mol. The Labute approximate surface area is 120 Å². The van der Waals surface area contributed by atoms with E-state index in [2.05, 4.69) is 16.8 Å². The standard InChI is InChI=1S/C16H22N2O2/c1-12(13(2)18(3)15-10-20-11-15)16(19)17-9-14-7-5-4-6-8-14/h4-8,13,15H,1,9-11H2,2-3H3,(H,17,19). The SMILES string of the molecule is C=C(C(=O)NCc1ccccc1)C(C)N(C)C1COC1. The zero-order valence-corrected chi connectivity index (χ0v) is 12.1. The number of rotatable bonds is 6. The molecule has 0 spiro atoms. The summed E-state index contributed by atoms with van der Waals surface area (Å²) in [6.07, 6.45) is 0. The van der Waals surface area contributed by atoms with Crippen LogP contribution in [-0.2, 0) is 16.1 Å². The summed E-state index contributed by atoms with van der Waals surface area (Å²) in [7, 11) is 2.01. The fraction of sp³-hybridized carbons (Fsp3) is 0.438. The molecule has 1 aromatic rings. The van der Waals surface area contributed by atoms with Gasteiger partial charge in [0.15, 0.2) is 0 Å². The van der Waals surface area contributed by atoms with Crippen molar-refractivity contribution < 1.29 is 9.53 Å². The van der Waals surface area contributed by atoms with Crippen LogP contribution in [-0.4, -0.2) is 43.2 Å². The number of ether oxygens (including phenoxy) is 1. The van der Waals surface area contributed by atoms with Gasteiger partial charge in [-0.05, 0) is 19.5 Å². The van der Waals surface area contributed by atoms with Crippen molar-refractivity contribution in [3.63, 3.8) is 0 Å². The summed E-state index contributed by atoms with van der Waals surface area (Å²) in [6.45, 7) is 7.94. The second-order valence-electron chi connectivity index (χ2n) is 5.23. The molecule has 1 aromatic carbocycles. The van der Waals surface area contributed by atoms with E-state index in [1.165, 1.54) is 0 Å². The second-order valence-corrected chi connectivity index (χ2v) is 5.23. The molecule has 2 rings (SSSR count). The Morgan fingerprint density at radius 2 is 2.10 bits per heavy atom. The van der Waals surface area contributed by atoms with E-state index in [-0.39, 0.29) is 11.9 Å². The van der Waals surface area contributed by atoms with Gasteiger partial charge in [-0.2, -0.15) is 0 Å². The number of carbonyl (C=O) groups excluding carboxylic acids is 1. The van der Waals surface area contributed by atoms with Gasteiger partial charge in [-0.1, -0.05) is 36.9 Å². The fourth-order valence-corrected chi connectivity index (χ4v) is 2.10. The first-order chi connectivity index (χ1) is 9.59. The van der Waals surface area contributed by atoms with Crippen molar-refractivity contribution in [2.45, 2.75) is 25.6 Å². The lowest BCUT2D eigenvalue weighted by Gasteiger charge is -2.38. The Morgan fingerprint density at radius 1 is 1.45 bits per heavy atom. The quantitative estimate of drug-likeness (QED) is 0.801. The molecule has 1 aliphatic rings. The van der Waals surface area contributed by atoms with Crippen LogP contribution in [0, 0.1) is 0 Å². The van der Waals surface area contributed by atoms with Crippen LogP contribution in [0.2, 0.25) is 0 Å². The molecule has 1 atom stereocenters. The summed E-state index contributed by atoms with van der Waals surface area (Å²) in [5.41, 5.74) is 1.68. The van der Waals surface area contributed by atoms with Crippen molar-refractivity contribution in [1.29, 1.82) is 0 Å². The Bertz CT molecular complexity index is 469. The Kier molecular flexibility index (Phi) is 4.93. The molecule has 1 amide bonds. The van der Waals surface area contributed by atoms with E-state index in [9.17, 15) is 4.79 Å². The van der Waals surface area contributed by atoms with Crippen molar-refractivity contribution in [3.05, 3.63) is 48.0 Å².